The van der Waals surface area contributed by atoms with Gasteiger partial charge in [-0.05, 0) is 30.3 Å². The van der Waals surface area contributed by atoms with Crippen molar-refractivity contribution >= 4 is 40.6 Å². The number of rotatable bonds is 3. The molecule has 1 heterocycles. The molecule has 0 spiro atoms. The molecule has 2 aromatic rings. The van der Waals surface area contributed by atoms with Crippen LogP contribution in [0.15, 0.2) is 35.3 Å². The van der Waals surface area contributed by atoms with Gasteiger partial charge in [0.15, 0.2) is 0 Å². The van der Waals surface area contributed by atoms with Crippen LogP contribution in [0.5, 0.6) is 5.75 Å². The largest absolute Gasteiger partial charge is 0.497 e. The molecular formula is C17H13Cl2FN2O3. The maximum atomic E-state index is 14.5. The molecule has 0 saturated carbocycles. The summed E-state index contributed by atoms with van der Waals surface area (Å²) in [5.41, 5.74) is 1.14. The Balaban J connectivity index is 2.26. The molecule has 0 aliphatic carbocycles. The van der Waals surface area contributed by atoms with Gasteiger partial charge in [0.25, 0.3) is 0 Å². The van der Waals surface area contributed by atoms with Crippen molar-refractivity contribution in [2.24, 2.45) is 4.99 Å². The Hall–Kier alpha value is -2.31. The predicted octanol–water partition coefficient (Wildman–Crippen LogP) is 3.86. The van der Waals surface area contributed by atoms with E-state index in [0.717, 1.165) is 0 Å². The molecule has 25 heavy (non-hydrogen) atoms. The van der Waals surface area contributed by atoms with E-state index in [2.05, 4.69) is 10.3 Å². The zero-order valence-electron chi connectivity index (χ0n) is 13.0. The fourth-order valence-corrected chi connectivity index (χ4v) is 2.98. The quantitative estimate of drug-likeness (QED) is 0.845. The van der Waals surface area contributed by atoms with Gasteiger partial charge in [-0.15, -0.1) is 0 Å². The van der Waals surface area contributed by atoms with Crippen LogP contribution in [0.1, 0.15) is 11.1 Å². The molecule has 8 heteroatoms. The summed E-state index contributed by atoms with van der Waals surface area (Å²) in [6, 6.07) is 6.38. The normalized spacial score (nSPS) is 16.3. The average Bonchev–Trinajstić information content (AvgIpc) is 2.79. The summed E-state index contributed by atoms with van der Waals surface area (Å²) < 4.78 is 19.6. The second kappa shape index (κ2) is 6.90. The third-order valence-corrected chi connectivity index (χ3v) is 4.62. The van der Waals surface area contributed by atoms with Crippen molar-refractivity contribution in [1.82, 2.24) is 0 Å². The van der Waals surface area contributed by atoms with E-state index in [0.29, 0.717) is 17.0 Å². The van der Waals surface area contributed by atoms with Gasteiger partial charge in [0.05, 0.1) is 29.4 Å². The van der Waals surface area contributed by atoms with Crippen molar-refractivity contribution in [3.63, 3.8) is 0 Å². The predicted molar refractivity (Wildman–Crippen MR) is 95.0 cm³/mol. The Morgan fingerprint density at radius 3 is 2.80 bits per heavy atom. The SMILES string of the molecule is COc1ccc(F)c(C2=NCC(C(=O)O)Nc3ccc(Cl)c(Cl)c32)c1. The van der Waals surface area contributed by atoms with Gasteiger partial charge in [0, 0.05) is 16.8 Å². The third-order valence-electron chi connectivity index (χ3n) is 3.82. The highest BCUT2D eigenvalue weighted by Crippen LogP contribution is 2.36. The zero-order chi connectivity index (χ0) is 18.1. The van der Waals surface area contributed by atoms with E-state index in [4.69, 9.17) is 27.9 Å². The van der Waals surface area contributed by atoms with Gasteiger partial charge in [-0.3, -0.25) is 4.99 Å². The number of halogens is 3. The molecule has 1 aliphatic heterocycles. The number of carboxylic acids is 1. The summed E-state index contributed by atoms with van der Waals surface area (Å²) in [6.45, 7) is -0.0933. The van der Waals surface area contributed by atoms with Gasteiger partial charge in [-0.1, -0.05) is 23.2 Å². The molecule has 0 fully saturated rings. The zero-order valence-corrected chi connectivity index (χ0v) is 14.5. The minimum Gasteiger partial charge on any atom is -0.497 e. The number of aliphatic imine (C=N–C) groups is 1. The Morgan fingerprint density at radius 2 is 2.12 bits per heavy atom. The van der Waals surface area contributed by atoms with Crippen LogP contribution in [0.2, 0.25) is 10.0 Å². The van der Waals surface area contributed by atoms with Crippen molar-refractivity contribution in [3.05, 3.63) is 57.3 Å². The molecule has 0 bridgehead atoms. The summed E-state index contributed by atoms with van der Waals surface area (Å²) in [4.78, 5) is 15.7. The van der Waals surface area contributed by atoms with Crippen LogP contribution in [0, 0.1) is 5.82 Å². The molecule has 130 valence electrons. The number of anilines is 1. The number of methoxy groups -OCH3 is 1. The second-order valence-electron chi connectivity index (χ2n) is 5.35. The maximum absolute atomic E-state index is 14.5. The summed E-state index contributed by atoms with van der Waals surface area (Å²) >= 11 is 12.4. The minimum atomic E-state index is -1.08. The molecular weight excluding hydrogens is 370 g/mol. The first-order chi connectivity index (χ1) is 11.9. The monoisotopic (exact) mass is 382 g/mol. The van der Waals surface area contributed by atoms with Crippen molar-refractivity contribution < 1.29 is 19.0 Å². The lowest BCUT2D eigenvalue weighted by Gasteiger charge is -2.16. The summed E-state index contributed by atoms with van der Waals surface area (Å²) in [5, 5.41) is 12.6. The van der Waals surface area contributed by atoms with Crippen LogP contribution in [-0.4, -0.2) is 36.5 Å². The highest BCUT2D eigenvalue weighted by atomic mass is 35.5. The van der Waals surface area contributed by atoms with E-state index in [1.807, 2.05) is 0 Å². The standard InChI is InChI=1S/C17H13Cl2FN2O3/c1-25-8-2-4-11(20)9(6-8)16-14-12(5-3-10(18)15(14)19)22-13(7-21-16)17(23)24/h2-6,13,22H,7H2,1H3,(H,23,24). The van der Waals surface area contributed by atoms with Crippen molar-refractivity contribution in [2.45, 2.75) is 6.04 Å². The molecule has 2 N–H and O–H groups in total. The van der Waals surface area contributed by atoms with Crippen LogP contribution in [-0.2, 0) is 4.79 Å². The molecule has 0 radical (unpaired) electrons. The van der Waals surface area contributed by atoms with E-state index < -0.39 is 17.8 Å². The fraction of sp³-hybridized carbons (Fsp3) is 0.176. The summed E-state index contributed by atoms with van der Waals surface area (Å²) in [6.07, 6.45) is 0. The Bertz CT molecular complexity index is 886. The molecule has 2 aromatic carbocycles. The van der Waals surface area contributed by atoms with Gasteiger partial charge in [0.2, 0.25) is 0 Å². The highest BCUT2D eigenvalue weighted by Gasteiger charge is 2.28. The van der Waals surface area contributed by atoms with Gasteiger partial charge in [-0.25, -0.2) is 9.18 Å². The molecule has 1 aliphatic rings. The van der Waals surface area contributed by atoms with E-state index in [1.165, 1.54) is 25.3 Å². The van der Waals surface area contributed by atoms with E-state index >= 15 is 0 Å². The molecule has 0 amide bonds. The Morgan fingerprint density at radius 1 is 1.36 bits per heavy atom. The van der Waals surface area contributed by atoms with Crippen LogP contribution < -0.4 is 10.1 Å². The van der Waals surface area contributed by atoms with Crippen LogP contribution in [0.4, 0.5) is 10.1 Å². The van der Waals surface area contributed by atoms with Crippen LogP contribution in [0.25, 0.3) is 0 Å². The first kappa shape index (κ1) is 17.5. The topological polar surface area (TPSA) is 70.9 Å². The molecule has 1 atom stereocenters. The van der Waals surface area contributed by atoms with E-state index in [1.54, 1.807) is 12.1 Å². The van der Waals surface area contributed by atoms with Gasteiger partial charge < -0.3 is 15.2 Å². The summed E-state index contributed by atoms with van der Waals surface area (Å²) in [7, 11) is 1.46. The number of hydrogen-bond acceptors (Lipinski definition) is 4. The lowest BCUT2D eigenvalue weighted by Crippen LogP contribution is -2.31. The van der Waals surface area contributed by atoms with E-state index in [9.17, 15) is 14.3 Å². The number of nitrogens with zero attached hydrogens (tertiary/aromatic N) is 1. The second-order valence-corrected chi connectivity index (χ2v) is 6.14. The molecule has 3 rings (SSSR count). The number of fused-ring (bicyclic) bond motifs is 1. The third kappa shape index (κ3) is 3.27. The lowest BCUT2D eigenvalue weighted by molar-refractivity contribution is -0.137. The number of carboxylic acid groups (broad SMARTS) is 1. The number of ether oxygens (including phenoxy) is 1. The van der Waals surface area contributed by atoms with Gasteiger partial charge >= 0.3 is 5.97 Å². The smallest absolute Gasteiger partial charge is 0.328 e. The maximum Gasteiger partial charge on any atom is 0.328 e. The van der Waals surface area contributed by atoms with Crippen molar-refractivity contribution in [2.75, 3.05) is 19.0 Å². The molecule has 0 aromatic heterocycles. The van der Waals surface area contributed by atoms with Crippen LogP contribution >= 0.6 is 23.2 Å². The molecule has 5 nitrogen and oxygen atoms in total. The lowest BCUT2D eigenvalue weighted by atomic mass is 9.99. The number of benzodiazepines with no additional fused rings is 1. The molecule has 0 saturated heterocycles. The van der Waals surface area contributed by atoms with Gasteiger partial charge in [-0.2, -0.15) is 0 Å². The highest BCUT2D eigenvalue weighted by molar-refractivity contribution is 6.45. The minimum absolute atomic E-state index is 0.0933. The Labute approximate surface area is 153 Å². The number of nitrogens with one attached hydrogen (secondary N) is 1. The number of carbonyl (C=O) groups is 1. The average molecular weight is 383 g/mol. The number of benzene rings is 2. The Kier molecular flexibility index (Phi) is 4.83. The van der Waals surface area contributed by atoms with E-state index in [-0.39, 0.29) is 27.9 Å². The summed E-state index contributed by atoms with van der Waals surface area (Å²) in [5.74, 6) is -1.17. The first-order valence-electron chi connectivity index (χ1n) is 7.28. The molecule has 1 unspecified atom stereocenters. The van der Waals surface area contributed by atoms with Crippen molar-refractivity contribution in [3.8, 4) is 5.75 Å². The van der Waals surface area contributed by atoms with Gasteiger partial charge in [0.1, 0.15) is 17.6 Å². The number of hydrogen-bond donors (Lipinski definition) is 2. The first-order valence-corrected chi connectivity index (χ1v) is 8.04. The fourth-order valence-electron chi connectivity index (χ4n) is 2.57. The number of aliphatic carboxylic acids is 1. The van der Waals surface area contributed by atoms with Crippen molar-refractivity contribution in [1.29, 1.82) is 0 Å². The van der Waals surface area contributed by atoms with Crippen LogP contribution in [0.3, 0.4) is 0 Å².